The van der Waals surface area contributed by atoms with E-state index >= 15 is 0 Å². The van der Waals surface area contributed by atoms with Crippen LogP contribution in [-0.4, -0.2) is 48.9 Å². The highest BCUT2D eigenvalue weighted by Gasteiger charge is 2.08. The first-order chi connectivity index (χ1) is 11.2. The van der Waals surface area contributed by atoms with Crippen LogP contribution in [0.1, 0.15) is 25.7 Å². The Morgan fingerprint density at radius 3 is 2.83 bits per heavy atom. The molecule has 0 bridgehead atoms. The van der Waals surface area contributed by atoms with Gasteiger partial charge in [-0.2, -0.15) is 0 Å². The lowest BCUT2D eigenvalue weighted by Gasteiger charge is -2.21. The highest BCUT2D eigenvalue weighted by atomic mass is 127. The minimum Gasteiger partial charge on any atom is -0.347 e. The van der Waals surface area contributed by atoms with Gasteiger partial charge in [-0.15, -0.1) is 30.6 Å². The number of guanidine groups is 1. The predicted molar refractivity (Wildman–Crippen MR) is 111 cm³/mol. The van der Waals surface area contributed by atoms with E-state index < -0.39 is 0 Å². The van der Waals surface area contributed by atoms with Crippen molar-refractivity contribution < 1.29 is 4.79 Å². The third-order valence-corrected chi connectivity index (χ3v) is 3.33. The summed E-state index contributed by atoms with van der Waals surface area (Å²) in [5, 5.41) is 5.85. The number of nitrogens with one attached hydrogen (secondary N) is 2. The largest absolute Gasteiger partial charge is 0.347 e. The molecule has 1 amide bonds. The summed E-state index contributed by atoms with van der Waals surface area (Å²) in [5.41, 5.74) is 0.685. The third kappa shape index (κ3) is 9.49. The second kappa shape index (κ2) is 13.8. The summed E-state index contributed by atoms with van der Waals surface area (Å²) in [7, 11) is 3.69. The molecule has 7 heteroatoms. The van der Waals surface area contributed by atoms with Crippen LogP contribution in [0.4, 0.5) is 5.69 Å². The van der Waals surface area contributed by atoms with Gasteiger partial charge in [0.05, 0.1) is 18.4 Å². The van der Waals surface area contributed by atoms with Crippen LogP contribution < -0.4 is 10.6 Å². The number of hydrogen-bond donors (Lipinski definition) is 2. The number of aromatic nitrogens is 1. The number of allylic oxidation sites excluding steroid dienone is 1. The van der Waals surface area contributed by atoms with Gasteiger partial charge in [0.2, 0.25) is 5.91 Å². The van der Waals surface area contributed by atoms with Crippen molar-refractivity contribution in [3.63, 3.8) is 0 Å². The van der Waals surface area contributed by atoms with Gasteiger partial charge in [0.15, 0.2) is 5.96 Å². The van der Waals surface area contributed by atoms with Gasteiger partial charge in [-0.1, -0.05) is 12.5 Å². The Kier molecular flexibility index (Phi) is 12.8. The maximum atomic E-state index is 11.9. The Hall–Kier alpha value is -1.64. The number of aliphatic imine (C=N–C) groups is 1. The summed E-state index contributed by atoms with van der Waals surface area (Å²) in [5.74, 6) is 0.591. The van der Waals surface area contributed by atoms with Crippen LogP contribution in [0.25, 0.3) is 0 Å². The highest BCUT2D eigenvalue weighted by Crippen LogP contribution is 2.02. The monoisotopic (exact) mass is 445 g/mol. The minimum absolute atomic E-state index is 0. The molecule has 6 nitrogen and oxygen atoms in total. The number of rotatable bonds is 9. The zero-order valence-electron chi connectivity index (χ0n) is 14.5. The van der Waals surface area contributed by atoms with Crippen molar-refractivity contribution >= 4 is 41.5 Å². The Labute approximate surface area is 161 Å². The van der Waals surface area contributed by atoms with Crippen molar-refractivity contribution in [2.45, 2.75) is 25.7 Å². The number of carbonyl (C=O) groups excluding carboxylic acids is 1. The van der Waals surface area contributed by atoms with Crippen molar-refractivity contribution in [3.8, 4) is 0 Å². The maximum absolute atomic E-state index is 11.9. The number of amides is 1. The van der Waals surface area contributed by atoms with Crippen LogP contribution >= 0.6 is 24.0 Å². The van der Waals surface area contributed by atoms with Crippen LogP contribution in [0.2, 0.25) is 0 Å². The lowest BCUT2D eigenvalue weighted by molar-refractivity contribution is -0.115. The van der Waals surface area contributed by atoms with Crippen molar-refractivity contribution in [1.29, 1.82) is 0 Å². The first-order valence-electron chi connectivity index (χ1n) is 7.90. The average Bonchev–Trinajstić information content (AvgIpc) is 2.56. The van der Waals surface area contributed by atoms with E-state index in [1.54, 1.807) is 31.6 Å². The van der Waals surface area contributed by atoms with E-state index in [0.717, 1.165) is 38.2 Å². The average molecular weight is 445 g/mol. The minimum atomic E-state index is -0.126. The van der Waals surface area contributed by atoms with Gasteiger partial charge in [0.1, 0.15) is 0 Å². The van der Waals surface area contributed by atoms with Gasteiger partial charge in [0.25, 0.3) is 0 Å². The summed E-state index contributed by atoms with van der Waals surface area (Å²) in [6.45, 7) is 4.80. The first kappa shape index (κ1) is 22.4. The number of halogens is 1. The fraction of sp³-hybridized carbons (Fsp3) is 0.471. The molecule has 0 saturated heterocycles. The van der Waals surface area contributed by atoms with E-state index in [4.69, 9.17) is 0 Å². The standard InChI is InChI=1S/C17H27N5O.HI/c1-4-5-6-7-8-12-22(3)17(18-2)20-14-16(23)21-15-10-9-11-19-13-15;/h4,9-11,13H,1,5-8,12,14H2,2-3H3,(H,18,20)(H,21,23);1H. The molecular formula is C17H28IN5O. The molecule has 1 heterocycles. The topological polar surface area (TPSA) is 69.6 Å². The van der Waals surface area contributed by atoms with Gasteiger partial charge in [-0.05, 0) is 31.4 Å². The molecule has 0 aliphatic heterocycles. The molecule has 0 aromatic carbocycles. The molecule has 1 aromatic rings. The summed E-state index contributed by atoms with van der Waals surface area (Å²) < 4.78 is 0. The third-order valence-electron chi connectivity index (χ3n) is 3.33. The van der Waals surface area contributed by atoms with Crippen molar-refractivity contribution in [1.82, 2.24) is 15.2 Å². The molecule has 0 saturated carbocycles. The van der Waals surface area contributed by atoms with E-state index in [9.17, 15) is 4.79 Å². The molecule has 0 aliphatic carbocycles. The fourth-order valence-corrected chi connectivity index (χ4v) is 2.11. The van der Waals surface area contributed by atoms with E-state index in [-0.39, 0.29) is 36.4 Å². The molecule has 0 aliphatic rings. The molecule has 1 rings (SSSR count). The molecule has 0 unspecified atom stereocenters. The lowest BCUT2D eigenvalue weighted by atomic mass is 10.2. The molecule has 2 N–H and O–H groups in total. The van der Waals surface area contributed by atoms with Crippen LogP contribution in [-0.2, 0) is 4.79 Å². The van der Waals surface area contributed by atoms with Crippen LogP contribution in [0, 0.1) is 0 Å². The molecule has 0 fully saturated rings. The van der Waals surface area contributed by atoms with Crippen LogP contribution in [0.15, 0.2) is 42.2 Å². The Bertz CT molecular complexity index is 507. The second-order valence-corrected chi connectivity index (χ2v) is 5.25. The quantitative estimate of drug-likeness (QED) is 0.202. The van der Waals surface area contributed by atoms with Crippen molar-refractivity contribution in [2.24, 2.45) is 4.99 Å². The second-order valence-electron chi connectivity index (χ2n) is 5.25. The molecular weight excluding hydrogens is 417 g/mol. The summed E-state index contributed by atoms with van der Waals surface area (Å²) in [6, 6.07) is 3.58. The number of hydrogen-bond acceptors (Lipinski definition) is 3. The molecule has 0 atom stereocenters. The zero-order valence-corrected chi connectivity index (χ0v) is 16.8. The molecule has 24 heavy (non-hydrogen) atoms. The van der Waals surface area contributed by atoms with E-state index in [2.05, 4.69) is 27.2 Å². The first-order valence-corrected chi connectivity index (χ1v) is 7.90. The zero-order chi connectivity index (χ0) is 16.9. The molecule has 134 valence electrons. The fourth-order valence-electron chi connectivity index (χ4n) is 2.11. The molecule has 1 aromatic heterocycles. The number of pyridine rings is 1. The number of carbonyl (C=O) groups is 1. The summed E-state index contributed by atoms with van der Waals surface area (Å²) >= 11 is 0. The van der Waals surface area contributed by atoms with Gasteiger partial charge >= 0.3 is 0 Å². The Morgan fingerprint density at radius 1 is 1.42 bits per heavy atom. The lowest BCUT2D eigenvalue weighted by Crippen LogP contribution is -2.42. The van der Waals surface area contributed by atoms with E-state index in [0.29, 0.717) is 5.69 Å². The van der Waals surface area contributed by atoms with Crippen LogP contribution in [0.5, 0.6) is 0 Å². The van der Waals surface area contributed by atoms with Gasteiger partial charge in [-0.3, -0.25) is 14.8 Å². The SMILES string of the molecule is C=CCCCCCN(C)C(=NC)NCC(=O)Nc1cccnc1.I. The predicted octanol–water partition coefficient (Wildman–Crippen LogP) is 2.89. The highest BCUT2D eigenvalue weighted by molar-refractivity contribution is 14.0. The van der Waals surface area contributed by atoms with Gasteiger partial charge in [-0.25, -0.2) is 0 Å². The number of anilines is 1. The van der Waals surface area contributed by atoms with E-state index in [1.807, 2.05) is 18.0 Å². The molecule has 0 spiro atoms. The normalized spacial score (nSPS) is 10.5. The van der Waals surface area contributed by atoms with Gasteiger partial charge in [0, 0.05) is 26.8 Å². The summed E-state index contributed by atoms with van der Waals surface area (Å²) in [6.07, 6.45) is 9.71. The maximum Gasteiger partial charge on any atom is 0.243 e. The van der Waals surface area contributed by atoms with Crippen LogP contribution in [0.3, 0.4) is 0 Å². The van der Waals surface area contributed by atoms with Crippen molar-refractivity contribution in [2.75, 3.05) is 32.5 Å². The van der Waals surface area contributed by atoms with Crippen molar-refractivity contribution in [3.05, 3.63) is 37.2 Å². The summed E-state index contributed by atoms with van der Waals surface area (Å²) in [4.78, 5) is 22.1. The number of nitrogens with zero attached hydrogens (tertiary/aromatic N) is 3. The smallest absolute Gasteiger partial charge is 0.243 e. The Balaban J connectivity index is 0.00000529. The number of unbranched alkanes of at least 4 members (excludes halogenated alkanes) is 3. The van der Waals surface area contributed by atoms with Gasteiger partial charge < -0.3 is 15.5 Å². The van der Waals surface area contributed by atoms with E-state index in [1.165, 1.54) is 0 Å². The Morgan fingerprint density at radius 2 is 2.21 bits per heavy atom. The molecule has 0 radical (unpaired) electrons.